The minimum Gasteiger partial charge on any atom is -0.481 e. The minimum absolute atomic E-state index is 0.771. The van der Waals surface area contributed by atoms with E-state index in [1.165, 1.54) is 27.1 Å². The summed E-state index contributed by atoms with van der Waals surface area (Å²) in [7, 11) is 4.08. The summed E-state index contributed by atoms with van der Waals surface area (Å²) >= 11 is 7.79. The molecule has 6 heteroatoms. The number of benzene rings is 2. The van der Waals surface area contributed by atoms with Gasteiger partial charge in [0.2, 0.25) is 0 Å². The summed E-state index contributed by atoms with van der Waals surface area (Å²) < 4.78 is 0. The molecule has 0 unspecified atom stereocenters. The zero-order valence-electron chi connectivity index (χ0n) is 14.8. The van der Waals surface area contributed by atoms with E-state index in [2.05, 4.69) is 35.2 Å². The fourth-order valence-corrected chi connectivity index (χ4v) is 4.06. The highest BCUT2D eigenvalue weighted by Gasteiger charge is 2.26. The van der Waals surface area contributed by atoms with Crippen molar-refractivity contribution in [3.63, 3.8) is 0 Å². The number of thiazole rings is 1. The molecule has 0 atom stereocenters. The van der Waals surface area contributed by atoms with Gasteiger partial charge in [-0.25, -0.2) is 4.98 Å². The number of fused-ring (bicyclic) bond motifs is 3. The number of aliphatic carboxylic acids is 1. The van der Waals surface area contributed by atoms with Crippen LogP contribution in [0.1, 0.15) is 17.4 Å². The van der Waals surface area contributed by atoms with E-state index in [1.807, 2.05) is 26.2 Å². The topological polar surface area (TPSA) is 53.4 Å². The van der Waals surface area contributed by atoms with Gasteiger partial charge in [0.15, 0.2) is 5.13 Å². The number of anilines is 1. The molecular formula is C20H19ClN2O2S. The maximum absolute atomic E-state index is 9.00. The van der Waals surface area contributed by atoms with Gasteiger partial charge in [-0.05, 0) is 28.8 Å². The lowest BCUT2D eigenvalue weighted by atomic mass is 9.96. The quantitative estimate of drug-likeness (QED) is 0.515. The number of rotatable bonds is 2. The van der Waals surface area contributed by atoms with Gasteiger partial charge in [0, 0.05) is 42.9 Å². The molecule has 0 aliphatic heterocycles. The Kier molecular flexibility index (Phi) is 5.30. The molecule has 0 amide bonds. The van der Waals surface area contributed by atoms with Crippen LogP contribution in [0.5, 0.6) is 0 Å². The van der Waals surface area contributed by atoms with Gasteiger partial charge in [-0.1, -0.05) is 41.9 Å². The van der Waals surface area contributed by atoms with Crippen molar-refractivity contribution < 1.29 is 9.90 Å². The zero-order valence-corrected chi connectivity index (χ0v) is 16.4. The van der Waals surface area contributed by atoms with Crippen molar-refractivity contribution in [2.24, 2.45) is 0 Å². The summed E-state index contributed by atoms with van der Waals surface area (Å²) in [6.45, 7) is 1.08. The number of hydrogen-bond acceptors (Lipinski definition) is 4. The summed E-state index contributed by atoms with van der Waals surface area (Å²) in [6.07, 6.45) is 0.967. The fraction of sp³-hybridized carbons (Fsp3) is 0.200. The third kappa shape index (κ3) is 3.74. The Morgan fingerprint density at radius 2 is 1.77 bits per heavy atom. The highest BCUT2D eigenvalue weighted by molar-refractivity contribution is 7.16. The first-order valence-corrected chi connectivity index (χ1v) is 9.31. The number of halogens is 1. The number of nitrogens with zero attached hydrogens (tertiary/aromatic N) is 2. The highest BCUT2D eigenvalue weighted by Crippen LogP contribution is 2.45. The molecule has 1 aliphatic rings. The van der Waals surface area contributed by atoms with E-state index in [1.54, 1.807) is 11.3 Å². The van der Waals surface area contributed by atoms with Crippen molar-refractivity contribution in [1.29, 1.82) is 0 Å². The van der Waals surface area contributed by atoms with Crippen LogP contribution in [0.15, 0.2) is 42.5 Å². The number of aromatic nitrogens is 1. The standard InChI is InChI=1S/C18H15ClN2S.C2H4O2/c1-21(2)18-20-17-14-5-3-4-13(15(14)10-16(17)22-18)11-6-8-12(19)9-7-11;1-2(3)4/h3-9H,10H2,1-2H3;1H3,(H,3,4). The van der Waals surface area contributed by atoms with E-state index in [9.17, 15) is 0 Å². The van der Waals surface area contributed by atoms with Crippen LogP contribution in [0.3, 0.4) is 0 Å². The molecule has 1 aromatic heterocycles. The van der Waals surface area contributed by atoms with Gasteiger partial charge < -0.3 is 10.0 Å². The molecule has 0 saturated carbocycles. The predicted octanol–water partition coefficient (Wildman–Crippen LogP) is 5.19. The monoisotopic (exact) mass is 386 g/mol. The summed E-state index contributed by atoms with van der Waals surface area (Å²) in [5.41, 5.74) is 6.30. The van der Waals surface area contributed by atoms with Crippen molar-refractivity contribution in [1.82, 2.24) is 4.98 Å². The van der Waals surface area contributed by atoms with Crippen LogP contribution >= 0.6 is 22.9 Å². The van der Waals surface area contributed by atoms with Crippen LogP contribution in [0, 0.1) is 0 Å². The average Bonchev–Trinajstić information content (AvgIpc) is 3.13. The molecule has 2 aromatic carbocycles. The number of carboxylic acids is 1. The predicted molar refractivity (Wildman–Crippen MR) is 108 cm³/mol. The highest BCUT2D eigenvalue weighted by atomic mass is 35.5. The lowest BCUT2D eigenvalue weighted by Crippen LogP contribution is -2.07. The SMILES string of the molecule is CC(=O)O.CN(C)c1nc2c(s1)Cc1c(-c3ccc(Cl)cc3)cccc1-2. The molecule has 0 saturated heterocycles. The van der Waals surface area contributed by atoms with E-state index in [0.717, 1.165) is 29.2 Å². The third-order valence-electron chi connectivity index (χ3n) is 3.99. The summed E-state index contributed by atoms with van der Waals surface area (Å²) in [4.78, 5) is 17.2. The van der Waals surface area contributed by atoms with E-state index in [0.29, 0.717) is 0 Å². The van der Waals surface area contributed by atoms with Crippen molar-refractivity contribution in [3.8, 4) is 22.4 Å². The van der Waals surface area contributed by atoms with Crippen LogP contribution in [0.2, 0.25) is 5.02 Å². The molecule has 1 heterocycles. The maximum atomic E-state index is 9.00. The first-order valence-electron chi connectivity index (χ1n) is 8.11. The van der Waals surface area contributed by atoms with Crippen LogP contribution in [0.25, 0.3) is 22.4 Å². The van der Waals surface area contributed by atoms with E-state index >= 15 is 0 Å². The Bertz CT molecular complexity index is 945. The van der Waals surface area contributed by atoms with E-state index in [-0.39, 0.29) is 0 Å². The lowest BCUT2D eigenvalue weighted by Gasteiger charge is -2.10. The van der Waals surface area contributed by atoms with Crippen LogP contribution in [-0.2, 0) is 11.2 Å². The molecule has 3 aromatic rings. The lowest BCUT2D eigenvalue weighted by molar-refractivity contribution is -0.134. The van der Waals surface area contributed by atoms with Gasteiger partial charge >= 0.3 is 0 Å². The fourth-order valence-electron chi connectivity index (χ4n) is 2.92. The number of hydrogen-bond donors (Lipinski definition) is 1. The number of carbonyl (C=O) groups is 1. The maximum Gasteiger partial charge on any atom is 0.300 e. The molecule has 1 aliphatic carbocycles. The molecule has 0 bridgehead atoms. The second-order valence-corrected chi connectivity index (χ2v) is 7.70. The molecule has 0 fully saturated rings. The molecular weight excluding hydrogens is 368 g/mol. The van der Waals surface area contributed by atoms with Gasteiger partial charge in [0.25, 0.3) is 5.97 Å². The van der Waals surface area contributed by atoms with Crippen LogP contribution in [-0.4, -0.2) is 30.2 Å². The summed E-state index contributed by atoms with van der Waals surface area (Å²) in [6, 6.07) is 14.6. The van der Waals surface area contributed by atoms with Gasteiger partial charge in [-0.3, -0.25) is 4.79 Å². The van der Waals surface area contributed by atoms with Crippen molar-refractivity contribution in [2.45, 2.75) is 13.3 Å². The van der Waals surface area contributed by atoms with Crippen molar-refractivity contribution >= 4 is 34.0 Å². The molecule has 0 radical (unpaired) electrons. The molecule has 26 heavy (non-hydrogen) atoms. The summed E-state index contributed by atoms with van der Waals surface area (Å²) in [5.74, 6) is -0.833. The van der Waals surface area contributed by atoms with Gasteiger partial charge in [-0.15, -0.1) is 11.3 Å². The van der Waals surface area contributed by atoms with Gasteiger partial charge in [-0.2, -0.15) is 0 Å². The Hall–Kier alpha value is -2.37. The molecule has 1 N–H and O–H groups in total. The molecule has 0 spiro atoms. The largest absolute Gasteiger partial charge is 0.481 e. The Morgan fingerprint density at radius 1 is 1.15 bits per heavy atom. The van der Waals surface area contributed by atoms with E-state index < -0.39 is 5.97 Å². The Balaban J connectivity index is 0.000000447. The summed E-state index contributed by atoms with van der Waals surface area (Å²) in [5, 5.41) is 9.26. The molecule has 134 valence electrons. The second-order valence-electron chi connectivity index (χ2n) is 6.20. The zero-order chi connectivity index (χ0) is 18.8. The van der Waals surface area contributed by atoms with Crippen LogP contribution in [0.4, 0.5) is 5.13 Å². The molecule has 4 nitrogen and oxygen atoms in total. The van der Waals surface area contributed by atoms with Crippen LogP contribution < -0.4 is 4.90 Å². The van der Waals surface area contributed by atoms with Crippen molar-refractivity contribution in [2.75, 3.05) is 19.0 Å². The Labute approximate surface area is 161 Å². The second kappa shape index (κ2) is 7.48. The smallest absolute Gasteiger partial charge is 0.300 e. The normalized spacial score (nSPS) is 11.2. The average molecular weight is 387 g/mol. The first kappa shape index (κ1) is 18.4. The van der Waals surface area contributed by atoms with Crippen molar-refractivity contribution in [3.05, 3.63) is 57.9 Å². The van der Waals surface area contributed by atoms with Gasteiger partial charge in [0.1, 0.15) is 0 Å². The first-order chi connectivity index (χ1) is 12.4. The minimum atomic E-state index is -0.833. The van der Waals surface area contributed by atoms with Gasteiger partial charge in [0.05, 0.1) is 5.69 Å². The third-order valence-corrected chi connectivity index (χ3v) is 5.47. The molecule has 4 rings (SSSR count). The Morgan fingerprint density at radius 3 is 2.38 bits per heavy atom. The number of carboxylic acid groups (broad SMARTS) is 1. The van der Waals surface area contributed by atoms with E-state index in [4.69, 9.17) is 26.5 Å².